The summed E-state index contributed by atoms with van der Waals surface area (Å²) in [6.07, 6.45) is 0.401. The highest BCUT2D eigenvalue weighted by molar-refractivity contribution is 9.10. The summed E-state index contributed by atoms with van der Waals surface area (Å²) in [5.74, 6) is 2.00. The predicted molar refractivity (Wildman–Crippen MR) is 48.8 cm³/mol. The first-order valence-electron chi connectivity index (χ1n) is 3.44. The number of halogens is 4. The zero-order valence-corrected chi connectivity index (χ0v) is 8.32. The van der Waals surface area contributed by atoms with Gasteiger partial charge in [-0.15, -0.1) is 19.6 Å². The van der Waals surface area contributed by atoms with Crippen LogP contribution in [-0.4, -0.2) is 6.36 Å². The minimum absolute atomic E-state index is 0.302. The van der Waals surface area contributed by atoms with Gasteiger partial charge in [-0.3, -0.25) is 0 Å². The smallest absolute Gasteiger partial charge is 0.406 e. The maximum Gasteiger partial charge on any atom is 0.573 e. The number of benzene rings is 1. The maximum absolute atomic E-state index is 11.8. The summed E-state index contributed by atoms with van der Waals surface area (Å²) in [5, 5.41) is 0. The molecular formula is C9H4BrF3O. The molecule has 1 aromatic rings. The average molecular weight is 265 g/mol. The van der Waals surface area contributed by atoms with Crippen LogP contribution >= 0.6 is 15.9 Å². The first kappa shape index (κ1) is 10.9. The number of ether oxygens (including phenoxy) is 1. The zero-order chi connectivity index (χ0) is 10.8. The lowest BCUT2D eigenvalue weighted by molar-refractivity contribution is -0.274. The van der Waals surface area contributed by atoms with Crippen molar-refractivity contribution in [3.05, 3.63) is 28.2 Å². The largest absolute Gasteiger partial charge is 0.573 e. The molecule has 0 saturated heterocycles. The van der Waals surface area contributed by atoms with Gasteiger partial charge in [-0.1, -0.05) is 5.92 Å². The van der Waals surface area contributed by atoms with E-state index in [4.69, 9.17) is 6.42 Å². The Labute approximate surface area is 87.0 Å². The molecule has 0 radical (unpaired) electrons. The molecule has 0 saturated carbocycles. The molecule has 1 rings (SSSR count). The number of hydrogen-bond acceptors (Lipinski definition) is 1. The van der Waals surface area contributed by atoms with Crippen LogP contribution in [0.5, 0.6) is 5.75 Å². The Kier molecular flexibility index (Phi) is 3.06. The maximum atomic E-state index is 11.8. The van der Waals surface area contributed by atoms with Gasteiger partial charge in [0.1, 0.15) is 5.75 Å². The Morgan fingerprint density at radius 2 is 2.00 bits per heavy atom. The fourth-order valence-electron chi connectivity index (χ4n) is 0.810. The quantitative estimate of drug-likeness (QED) is 0.707. The van der Waals surface area contributed by atoms with Crippen molar-refractivity contribution in [2.45, 2.75) is 6.36 Å². The van der Waals surface area contributed by atoms with Crippen LogP contribution in [0.1, 0.15) is 5.56 Å². The van der Waals surface area contributed by atoms with Gasteiger partial charge in [-0.05, 0) is 34.1 Å². The molecule has 0 N–H and O–H groups in total. The third-order valence-electron chi connectivity index (χ3n) is 1.33. The number of hydrogen-bond donors (Lipinski definition) is 0. The minimum Gasteiger partial charge on any atom is -0.406 e. The summed E-state index contributed by atoms with van der Waals surface area (Å²) in [4.78, 5) is 0. The van der Waals surface area contributed by atoms with Crippen LogP contribution < -0.4 is 4.74 Å². The van der Waals surface area contributed by atoms with Crippen LogP contribution in [0.15, 0.2) is 22.7 Å². The van der Waals surface area contributed by atoms with Crippen LogP contribution in [0.4, 0.5) is 13.2 Å². The number of alkyl halides is 3. The van der Waals surface area contributed by atoms with Gasteiger partial charge in [-0.2, -0.15) is 0 Å². The van der Waals surface area contributed by atoms with Gasteiger partial charge in [0, 0.05) is 10.0 Å². The minimum atomic E-state index is -4.68. The van der Waals surface area contributed by atoms with Crippen molar-refractivity contribution in [2.75, 3.05) is 0 Å². The van der Waals surface area contributed by atoms with Gasteiger partial charge in [0.15, 0.2) is 0 Å². The highest BCUT2D eigenvalue weighted by Crippen LogP contribution is 2.27. The molecule has 0 atom stereocenters. The first-order chi connectivity index (χ1) is 6.42. The van der Waals surface area contributed by atoms with Crippen LogP contribution in [0.3, 0.4) is 0 Å². The van der Waals surface area contributed by atoms with E-state index in [0.29, 0.717) is 10.0 Å². The van der Waals surface area contributed by atoms with E-state index in [1.54, 1.807) is 0 Å². The fraction of sp³-hybridized carbons (Fsp3) is 0.111. The third-order valence-corrected chi connectivity index (χ3v) is 1.99. The van der Waals surface area contributed by atoms with E-state index in [1.807, 2.05) is 0 Å². The topological polar surface area (TPSA) is 9.23 Å². The Bertz CT molecular complexity index is 379. The van der Waals surface area contributed by atoms with Crippen LogP contribution in [0.2, 0.25) is 0 Å². The normalized spacial score (nSPS) is 10.8. The zero-order valence-electron chi connectivity index (χ0n) is 6.73. The second-order valence-electron chi connectivity index (χ2n) is 2.33. The molecule has 74 valence electrons. The van der Waals surface area contributed by atoms with Crippen molar-refractivity contribution in [1.29, 1.82) is 0 Å². The molecule has 5 heteroatoms. The third kappa shape index (κ3) is 2.96. The molecule has 0 fully saturated rings. The summed E-state index contributed by atoms with van der Waals surface area (Å²) >= 11 is 3.02. The molecule has 0 aliphatic carbocycles. The Morgan fingerprint density at radius 3 is 2.43 bits per heavy atom. The summed E-state index contributed by atoms with van der Waals surface area (Å²) < 4.78 is 39.4. The van der Waals surface area contributed by atoms with Crippen molar-refractivity contribution in [3.63, 3.8) is 0 Å². The fourth-order valence-corrected chi connectivity index (χ4v) is 1.28. The van der Waals surface area contributed by atoms with Crippen molar-refractivity contribution in [1.82, 2.24) is 0 Å². The first-order valence-corrected chi connectivity index (χ1v) is 4.23. The van der Waals surface area contributed by atoms with Crippen molar-refractivity contribution in [3.8, 4) is 18.1 Å². The predicted octanol–water partition coefficient (Wildman–Crippen LogP) is 3.33. The van der Waals surface area contributed by atoms with Crippen molar-refractivity contribution >= 4 is 15.9 Å². The Balaban J connectivity index is 2.94. The van der Waals surface area contributed by atoms with Crippen LogP contribution in [0, 0.1) is 12.3 Å². The molecule has 0 aliphatic heterocycles. The average Bonchev–Trinajstić information content (AvgIpc) is 2.01. The molecule has 0 amide bonds. The van der Waals surface area contributed by atoms with Crippen molar-refractivity contribution < 1.29 is 17.9 Å². The van der Waals surface area contributed by atoms with Gasteiger partial charge >= 0.3 is 6.36 Å². The highest BCUT2D eigenvalue weighted by Gasteiger charge is 2.31. The monoisotopic (exact) mass is 264 g/mol. The molecule has 0 bridgehead atoms. The summed E-state index contributed by atoms with van der Waals surface area (Å²) in [5.41, 5.74) is 0.472. The van der Waals surface area contributed by atoms with E-state index >= 15 is 0 Å². The van der Waals surface area contributed by atoms with Gasteiger partial charge < -0.3 is 4.74 Å². The molecule has 1 aromatic carbocycles. The van der Waals surface area contributed by atoms with Gasteiger partial charge in [0.05, 0.1) is 0 Å². The molecule has 14 heavy (non-hydrogen) atoms. The highest BCUT2D eigenvalue weighted by atomic mass is 79.9. The Hall–Kier alpha value is -1.15. The Morgan fingerprint density at radius 1 is 1.36 bits per heavy atom. The second-order valence-corrected chi connectivity index (χ2v) is 3.19. The van der Waals surface area contributed by atoms with E-state index < -0.39 is 6.36 Å². The van der Waals surface area contributed by atoms with E-state index in [2.05, 4.69) is 26.6 Å². The van der Waals surface area contributed by atoms with Gasteiger partial charge in [0.25, 0.3) is 0 Å². The van der Waals surface area contributed by atoms with Gasteiger partial charge in [0.2, 0.25) is 0 Å². The molecule has 0 unspecified atom stereocenters. The van der Waals surface area contributed by atoms with E-state index in [1.165, 1.54) is 12.1 Å². The molecule has 0 heterocycles. The van der Waals surface area contributed by atoms with Crippen LogP contribution in [0.25, 0.3) is 0 Å². The molecule has 0 aromatic heterocycles. The van der Waals surface area contributed by atoms with E-state index in [0.717, 1.165) is 6.07 Å². The van der Waals surface area contributed by atoms with E-state index in [9.17, 15) is 13.2 Å². The summed E-state index contributed by atoms with van der Waals surface area (Å²) in [6, 6.07) is 3.70. The lowest BCUT2D eigenvalue weighted by Gasteiger charge is -2.09. The summed E-state index contributed by atoms with van der Waals surface area (Å²) in [7, 11) is 0. The molecule has 1 nitrogen and oxygen atoms in total. The second kappa shape index (κ2) is 3.93. The number of terminal acetylenes is 1. The number of rotatable bonds is 1. The molecule has 0 aliphatic rings. The lowest BCUT2D eigenvalue weighted by Crippen LogP contribution is -2.17. The molecular weight excluding hydrogens is 261 g/mol. The standard InChI is InChI=1S/C9H4BrF3O/c1-2-6-3-4-7(5-8(6)10)14-9(11,12)13/h1,3-5H. The van der Waals surface area contributed by atoms with Gasteiger partial charge in [-0.25, -0.2) is 0 Å². The lowest BCUT2D eigenvalue weighted by atomic mass is 10.2. The van der Waals surface area contributed by atoms with Crippen LogP contribution in [-0.2, 0) is 0 Å². The van der Waals surface area contributed by atoms with E-state index in [-0.39, 0.29) is 5.75 Å². The SMILES string of the molecule is C#Cc1ccc(OC(F)(F)F)cc1Br. The molecule has 0 spiro atoms. The summed E-state index contributed by atoms with van der Waals surface area (Å²) in [6.45, 7) is 0. The van der Waals surface area contributed by atoms with Crippen molar-refractivity contribution in [2.24, 2.45) is 0 Å².